The Balaban J connectivity index is 1.73. The van der Waals surface area contributed by atoms with Crippen molar-refractivity contribution in [2.24, 2.45) is 0 Å². The van der Waals surface area contributed by atoms with Crippen molar-refractivity contribution in [3.8, 4) is 17.1 Å². The van der Waals surface area contributed by atoms with E-state index in [0.717, 1.165) is 11.3 Å². The van der Waals surface area contributed by atoms with Gasteiger partial charge in [-0.05, 0) is 43.3 Å². The van der Waals surface area contributed by atoms with E-state index in [-0.39, 0.29) is 11.2 Å². The summed E-state index contributed by atoms with van der Waals surface area (Å²) in [6, 6.07) is 11.0. The lowest BCUT2D eigenvalue weighted by atomic mass is 10.3. The van der Waals surface area contributed by atoms with E-state index in [1.165, 1.54) is 11.8 Å². The van der Waals surface area contributed by atoms with Gasteiger partial charge in [0.05, 0.1) is 12.4 Å². The molecule has 0 radical (unpaired) electrons. The number of anilines is 1. The summed E-state index contributed by atoms with van der Waals surface area (Å²) in [5.74, 6) is 1.31. The van der Waals surface area contributed by atoms with Crippen LogP contribution in [0.3, 0.4) is 0 Å². The maximum absolute atomic E-state index is 12.6. The third kappa shape index (κ3) is 4.58. The molecule has 3 rings (SSSR count). The summed E-state index contributed by atoms with van der Waals surface area (Å²) in [6.07, 6.45) is 5.21. The first-order valence-corrected chi connectivity index (χ1v) is 9.56. The molecule has 1 aromatic carbocycles. The monoisotopic (exact) mass is 395 g/mol. The van der Waals surface area contributed by atoms with Crippen molar-refractivity contribution in [3.63, 3.8) is 0 Å². The zero-order valence-electron chi connectivity index (χ0n) is 15.7. The SMILES string of the molecule is C=CCn1c(S[C@H](C)C(=O)Nc2ccc(OC)cc2)nnc1-c1cccnc1. The third-order valence-corrected chi connectivity index (χ3v) is 5.04. The predicted octanol–water partition coefficient (Wildman–Crippen LogP) is 3.65. The second-order valence-electron chi connectivity index (χ2n) is 5.92. The molecular formula is C20H21N5O2S. The van der Waals surface area contributed by atoms with E-state index >= 15 is 0 Å². The maximum Gasteiger partial charge on any atom is 0.237 e. The van der Waals surface area contributed by atoms with Gasteiger partial charge in [-0.3, -0.25) is 14.3 Å². The average Bonchev–Trinajstić information content (AvgIpc) is 3.11. The van der Waals surface area contributed by atoms with Crippen LogP contribution in [-0.4, -0.2) is 38.0 Å². The van der Waals surface area contributed by atoms with Crippen LogP contribution in [0.25, 0.3) is 11.4 Å². The number of benzene rings is 1. The molecule has 2 heterocycles. The fourth-order valence-corrected chi connectivity index (χ4v) is 3.37. The second kappa shape index (κ2) is 9.18. The van der Waals surface area contributed by atoms with E-state index in [4.69, 9.17) is 4.74 Å². The molecule has 0 fully saturated rings. The van der Waals surface area contributed by atoms with Crippen LogP contribution in [0.2, 0.25) is 0 Å². The molecule has 0 saturated heterocycles. The number of hydrogen-bond acceptors (Lipinski definition) is 6. The van der Waals surface area contributed by atoms with Crippen molar-refractivity contribution < 1.29 is 9.53 Å². The van der Waals surface area contributed by atoms with Gasteiger partial charge >= 0.3 is 0 Å². The molecule has 0 unspecified atom stereocenters. The maximum atomic E-state index is 12.6. The molecule has 0 saturated carbocycles. The van der Waals surface area contributed by atoms with Crippen molar-refractivity contribution in [1.82, 2.24) is 19.7 Å². The number of rotatable bonds is 8. The number of carbonyl (C=O) groups excluding carboxylic acids is 1. The summed E-state index contributed by atoms with van der Waals surface area (Å²) in [7, 11) is 1.60. The van der Waals surface area contributed by atoms with Crippen LogP contribution in [0, 0.1) is 0 Å². The van der Waals surface area contributed by atoms with Gasteiger partial charge in [0, 0.05) is 30.2 Å². The average molecular weight is 395 g/mol. The highest BCUT2D eigenvalue weighted by atomic mass is 32.2. The summed E-state index contributed by atoms with van der Waals surface area (Å²) >= 11 is 1.35. The van der Waals surface area contributed by atoms with Crippen LogP contribution < -0.4 is 10.1 Å². The largest absolute Gasteiger partial charge is 0.497 e. The first kappa shape index (κ1) is 19.6. The standard InChI is InChI=1S/C20H21N5O2S/c1-4-12-25-18(15-6-5-11-21-13-15)23-24-20(25)28-14(2)19(26)22-16-7-9-17(27-3)10-8-16/h4-11,13-14H,1,12H2,2-3H3,(H,22,26)/t14-/m1/s1. The number of hydrogen-bond donors (Lipinski definition) is 1. The Hall–Kier alpha value is -3.13. The van der Waals surface area contributed by atoms with Gasteiger partial charge in [-0.2, -0.15) is 0 Å². The first-order valence-electron chi connectivity index (χ1n) is 8.68. The van der Waals surface area contributed by atoms with Crippen LogP contribution in [-0.2, 0) is 11.3 Å². The van der Waals surface area contributed by atoms with Gasteiger partial charge in [0.15, 0.2) is 11.0 Å². The Kier molecular flexibility index (Phi) is 6.44. The number of aromatic nitrogens is 4. The molecule has 0 spiro atoms. The number of nitrogens with zero attached hydrogens (tertiary/aromatic N) is 4. The number of methoxy groups -OCH3 is 1. The Labute approximate surface area is 167 Å². The van der Waals surface area contributed by atoms with Crippen molar-refractivity contribution in [2.45, 2.75) is 23.9 Å². The van der Waals surface area contributed by atoms with Crippen molar-refractivity contribution in [2.75, 3.05) is 12.4 Å². The van der Waals surface area contributed by atoms with Crippen LogP contribution >= 0.6 is 11.8 Å². The summed E-state index contributed by atoms with van der Waals surface area (Å²) in [5.41, 5.74) is 1.57. The van der Waals surface area contributed by atoms with Crippen LogP contribution in [0.5, 0.6) is 5.75 Å². The van der Waals surface area contributed by atoms with Crippen molar-refractivity contribution in [1.29, 1.82) is 0 Å². The molecule has 1 amide bonds. The second-order valence-corrected chi connectivity index (χ2v) is 7.23. The molecule has 0 bridgehead atoms. The molecule has 144 valence electrons. The minimum Gasteiger partial charge on any atom is -0.497 e. The normalized spacial score (nSPS) is 11.6. The van der Waals surface area contributed by atoms with E-state index in [1.54, 1.807) is 49.8 Å². The number of ether oxygens (including phenoxy) is 1. The minimum atomic E-state index is -0.364. The van der Waals surface area contributed by atoms with E-state index < -0.39 is 0 Å². The lowest BCUT2D eigenvalue weighted by Crippen LogP contribution is -2.23. The number of thioether (sulfide) groups is 1. The highest BCUT2D eigenvalue weighted by molar-refractivity contribution is 8.00. The molecule has 0 aliphatic heterocycles. The minimum absolute atomic E-state index is 0.119. The third-order valence-electron chi connectivity index (χ3n) is 3.96. The van der Waals surface area contributed by atoms with Gasteiger partial charge in [-0.15, -0.1) is 16.8 Å². The Morgan fingerprint density at radius 1 is 1.32 bits per heavy atom. The summed E-state index contributed by atoms with van der Waals surface area (Å²) in [6.45, 7) is 6.17. The molecule has 8 heteroatoms. The summed E-state index contributed by atoms with van der Waals surface area (Å²) < 4.78 is 7.05. The number of amides is 1. The Morgan fingerprint density at radius 3 is 2.75 bits per heavy atom. The Morgan fingerprint density at radius 2 is 2.11 bits per heavy atom. The van der Waals surface area contributed by atoms with E-state index in [2.05, 4.69) is 27.1 Å². The van der Waals surface area contributed by atoms with E-state index in [1.807, 2.05) is 23.6 Å². The quantitative estimate of drug-likeness (QED) is 0.463. The van der Waals surface area contributed by atoms with Gasteiger partial charge < -0.3 is 10.1 Å². The molecule has 1 atom stereocenters. The zero-order chi connectivity index (χ0) is 19.9. The van der Waals surface area contributed by atoms with Gasteiger partial charge in [0.1, 0.15) is 5.75 Å². The summed E-state index contributed by atoms with van der Waals surface area (Å²) in [5, 5.41) is 11.7. The smallest absolute Gasteiger partial charge is 0.237 e. The molecule has 2 aromatic heterocycles. The number of pyridine rings is 1. The van der Waals surface area contributed by atoms with Gasteiger partial charge in [0.25, 0.3) is 0 Å². The fourth-order valence-electron chi connectivity index (χ4n) is 2.51. The van der Waals surface area contributed by atoms with Gasteiger partial charge in [0.2, 0.25) is 5.91 Å². The fraction of sp³-hybridized carbons (Fsp3) is 0.200. The van der Waals surface area contributed by atoms with Crippen molar-refractivity contribution in [3.05, 3.63) is 61.4 Å². The Bertz CT molecular complexity index is 941. The topological polar surface area (TPSA) is 81.9 Å². The molecule has 3 aromatic rings. The van der Waals surface area contributed by atoms with Gasteiger partial charge in [-0.25, -0.2) is 0 Å². The van der Waals surface area contributed by atoms with E-state index in [9.17, 15) is 4.79 Å². The first-order chi connectivity index (χ1) is 13.6. The molecular weight excluding hydrogens is 374 g/mol. The molecule has 1 N–H and O–H groups in total. The van der Waals surface area contributed by atoms with Crippen LogP contribution in [0.15, 0.2) is 66.6 Å². The van der Waals surface area contributed by atoms with E-state index in [0.29, 0.717) is 23.2 Å². The van der Waals surface area contributed by atoms with Crippen LogP contribution in [0.1, 0.15) is 6.92 Å². The lowest BCUT2D eigenvalue weighted by molar-refractivity contribution is -0.115. The molecule has 7 nitrogen and oxygen atoms in total. The molecule has 28 heavy (non-hydrogen) atoms. The number of allylic oxidation sites excluding steroid dienone is 1. The predicted molar refractivity (Wildman–Crippen MR) is 110 cm³/mol. The number of carbonyl (C=O) groups is 1. The molecule has 0 aliphatic carbocycles. The highest BCUT2D eigenvalue weighted by Crippen LogP contribution is 2.27. The zero-order valence-corrected chi connectivity index (χ0v) is 16.5. The van der Waals surface area contributed by atoms with Crippen LogP contribution in [0.4, 0.5) is 5.69 Å². The molecule has 0 aliphatic rings. The highest BCUT2D eigenvalue weighted by Gasteiger charge is 2.20. The summed E-state index contributed by atoms with van der Waals surface area (Å²) in [4.78, 5) is 16.7. The van der Waals surface area contributed by atoms with Gasteiger partial charge in [-0.1, -0.05) is 17.8 Å². The van der Waals surface area contributed by atoms with Crippen molar-refractivity contribution >= 4 is 23.4 Å². The number of nitrogens with one attached hydrogen (secondary N) is 1. The lowest BCUT2D eigenvalue weighted by Gasteiger charge is -2.13.